The van der Waals surface area contributed by atoms with Gasteiger partial charge in [-0.3, -0.25) is 14.5 Å². The van der Waals surface area contributed by atoms with Crippen molar-refractivity contribution >= 4 is 96.7 Å². The summed E-state index contributed by atoms with van der Waals surface area (Å²) in [5.41, 5.74) is 4.26. The van der Waals surface area contributed by atoms with Crippen LogP contribution in [0.5, 0.6) is 5.75 Å². The molecular weight excluding hydrogens is 603 g/mol. The van der Waals surface area contributed by atoms with Crippen molar-refractivity contribution in [3.05, 3.63) is 90.7 Å². The zero-order valence-corrected chi connectivity index (χ0v) is 23.8. The fourth-order valence-corrected chi connectivity index (χ4v) is 5.49. The normalized spacial score (nSPS) is 14.5. The summed E-state index contributed by atoms with van der Waals surface area (Å²) in [6.07, 6.45) is 1.75. The number of thiocarbonyl (C=S) groups is 1. The maximum absolute atomic E-state index is 13.0. The van der Waals surface area contributed by atoms with E-state index in [0.717, 1.165) is 21.2 Å². The van der Waals surface area contributed by atoms with Crippen molar-refractivity contribution in [1.82, 2.24) is 0 Å². The number of nitrogens with one attached hydrogen (secondary N) is 1. The molecule has 2 amide bonds. The number of rotatable bonds is 6. The van der Waals surface area contributed by atoms with Crippen molar-refractivity contribution in [3.63, 3.8) is 0 Å². The van der Waals surface area contributed by atoms with E-state index in [0.29, 0.717) is 36.4 Å². The molecule has 0 atom stereocenters. The Labute approximate surface area is 236 Å². The number of thioether (sulfide) groups is 1. The molecular formula is C26H19BrCl2N2O3S2. The second-order valence-corrected chi connectivity index (χ2v) is 11.3. The maximum atomic E-state index is 13.0. The van der Waals surface area contributed by atoms with Gasteiger partial charge in [0.05, 0.1) is 26.3 Å². The lowest BCUT2D eigenvalue weighted by molar-refractivity contribution is -0.118. The standard InChI is InChI=1S/C26H19BrCl2N2O3S2/c1-14-9-19(27)22(10-15(14)2)30-24(32)13-34-18-6-3-16(4-7-18)11-23-25(33)31(26(35)36-23)17-5-8-20(28)21(29)12-17/h3-12H,13H2,1-2H3,(H,30,32)/b23-11-. The van der Waals surface area contributed by atoms with E-state index in [1.807, 2.05) is 26.0 Å². The van der Waals surface area contributed by atoms with Gasteiger partial charge in [0.25, 0.3) is 11.8 Å². The molecule has 1 heterocycles. The minimum atomic E-state index is -0.269. The summed E-state index contributed by atoms with van der Waals surface area (Å²) in [4.78, 5) is 27.2. The largest absolute Gasteiger partial charge is 0.484 e. The van der Waals surface area contributed by atoms with E-state index in [-0.39, 0.29) is 18.4 Å². The van der Waals surface area contributed by atoms with Gasteiger partial charge in [-0.15, -0.1) is 0 Å². The molecule has 3 aromatic carbocycles. The number of hydrogen-bond donors (Lipinski definition) is 1. The predicted octanol–water partition coefficient (Wildman–Crippen LogP) is 7.80. The first-order valence-electron chi connectivity index (χ1n) is 10.6. The molecule has 10 heteroatoms. The van der Waals surface area contributed by atoms with Gasteiger partial charge in [-0.1, -0.05) is 59.3 Å². The molecule has 1 fully saturated rings. The summed E-state index contributed by atoms with van der Waals surface area (Å²) in [5, 5.41) is 3.60. The number of hydrogen-bond acceptors (Lipinski definition) is 5. The van der Waals surface area contributed by atoms with Gasteiger partial charge in [0.15, 0.2) is 10.9 Å². The third kappa shape index (κ3) is 6.12. The minimum Gasteiger partial charge on any atom is -0.484 e. The predicted molar refractivity (Wildman–Crippen MR) is 156 cm³/mol. The number of anilines is 2. The monoisotopic (exact) mass is 620 g/mol. The molecule has 0 unspecified atom stereocenters. The Morgan fingerprint density at radius 2 is 1.78 bits per heavy atom. The molecule has 1 N–H and O–H groups in total. The number of aryl methyl sites for hydroxylation is 2. The highest BCUT2D eigenvalue weighted by Gasteiger charge is 2.33. The van der Waals surface area contributed by atoms with Crippen LogP contribution < -0.4 is 15.0 Å². The average molecular weight is 622 g/mol. The highest BCUT2D eigenvalue weighted by atomic mass is 79.9. The van der Waals surface area contributed by atoms with Gasteiger partial charge < -0.3 is 10.1 Å². The first-order valence-corrected chi connectivity index (χ1v) is 13.4. The number of amides is 2. The van der Waals surface area contributed by atoms with Crippen molar-refractivity contribution in [2.45, 2.75) is 13.8 Å². The van der Waals surface area contributed by atoms with E-state index in [2.05, 4.69) is 21.2 Å². The second-order valence-electron chi connectivity index (χ2n) is 7.94. The molecule has 184 valence electrons. The van der Waals surface area contributed by atoms with Gasteiger partial charge in [0.2, 0.25) is 0 Å². The Balaban J connectivity index is 1.38. The van der Waals surface area contributed by atoms with E-state index < -0.39 is 0 Å². The summed E-state index contributed by atoms with van der Waals surface area (Å²) in [7, 11) is 0. The smallest absolute Gasteiger partial charge is 0.270 e. The lowest BCUT2D eigenvalue weighted by atomic mass is 10.1. The molecule has 0 spiro atoms. The summed E-state index contributed by atoms with van der Waals surface area (Å²) < 4.78 is 6.84. The Kier molecular flexibility index (Phi) is 8.42. The number of carbonyl (C=O) groups excluding carboxylic acids is 2. The van der Waals surface area contributed by atoms with E-state index in [9.17, 15) is 9.59 Å². The van der Waals surface area contributed by atoms with Gasteiger partial charge >= 0.3 is 0 Å². The Hall–Kier alpha value is -2.36. The third-order valence-electron chi connectivity index (χ3n) is 5.36. The number of nitrogens with zero attached hydrogens (tertiary/aromatic N) is 1. The summed E-state index contributed by atoms with van der Waals surface area (Å²) in [5.74, 6) is 0.0247. The highest BCUT2D eigenvalue weighted by molar-refractivity contribution is 9.10. The SMILES string of the molecule is Cc1cc(Br)c(NC(=O)COc2ccc(/C=C3\SC(=S)N(c4ccc(Cl)c(Cl)c4)C3=O)cc2)cc1C. The number of ether oxygens (including phenoxy) is 1. The lowest BCUT2D eigenvalue weighted by Crippen LogP contribution is -2.27. The molecule has 0 radical (unpaired) electrons. The van der Waals surface area contributed by atoms with Crippen LogP contribution >= 0.6 is 63.1 Å². The summed E-state index contributed by atoms with van der Waals surface area (Å²) in [6, 6.07) is 15.9. The highest BCUT2D eigenvalue weighted by Crippen LogP contribution is 2.38. The maximum Gasteiger partial charge on any atom is 0.270 e. The van der Waals surface area contributed by atoms with Gasteiger partial charge in [-0.05, 0) is 95.0 Å². The molecule has 36 heavy (non-hydrogen) atoms. The first kappa shape index (κ1) is 26.7. The topological polar surface area (TPSA) is 58.6 Å². The second kappa shape index (κ2) is 11.4. The van der Waals surface area contributed by atoms with Crippen LogP contribution in [0.2, 0.25) is 10.0 Å². The minimum absolute atomic E-state index is 0.138. The van der Waals surface area contributed by atoms with Crippen LogP contribution in [0.4, 0.5) is 11.4 Å². The van der Waals surface area contributed by atoms with Gasteiger partial charge in [-0.25, -0.2) is 0 Å². The van der Waals surface area contributed by atoms with Crippen LogP contribution in [0.25, 0.3) is 6.08 Å². The average Bonchev–Trinajstić information content (AvgIpc) is 3.11. The van der Waals surface area contributed by atoms with Crippen LogP contribution in [0.3, 0.4) is 0 Å². The molecule has 0 saturated carbocycles. The van der Waals surface area contributed by atoms with Crippen LogP contribution in [0.1, 0.15) is 16.7 Å². The van der Waals surface area contributed by atoms with Crippen molar-refractivity contribution in [2.75, 3.05) is 16.8 Å². The van der Waals surface area contributed by atoms with Gasteiger partial charge in [0.1, 0.15) is 5.75 Å². The number of benzene rings is 3. The zero-order chi connectivity index (χ0) is 26.0. The number of halogens is 3. The van der Waals surface area contributed by atoms with E-state index in [4.69, 9.17) is 40.2 Å². The fraction of sp³-hybridized carbons (Fsp3) is 0.115. The third-order valence-corrected chi connectivity index (χ3v) is 8.06. The van der Waals surface area contributed by atoms with Crippen LogP contribution in [-0.2, 0) is 9.59 Å². The first-order chi connectivity index (χ1) is 17.1. The summed E-state index contributed by atoms with van der Waals surface area (Å²) in [6.45, 7) is 3.86. The van der Waals surface area contributed by atoms with Crippen molar-refractivity contribution in [2.24, 2.45) is 0 Å². The molecule has 0 aromatic heterocycles. The molecule has 1 saturated heterocycles. The van der Waals surface area contributed by atoms with Gasteiger partial charge in [0, 0.05) is 4.47 Å². The van der Waals surface area contributed by atoms with E-state index >= 15 is 0 Å². The molecule has 1 aliphatic rings. The van der Waals surface area contributed by atoms with Gasteiger partial charge in [-0.2, -0.15) is 0 Å². The molecule has 3 aromatic rings. The number of carbonyl (C=O) groups is 2. The van der Waals surface area contributed by atoms with Crippen LogP contribution in [-0.4, -0.2) is 22.7 Å². The van der Waals surface area contributed by atoms with E-state index in [1.54, 1.807) is 48.5 Å². The Bertz CT molecular complexity index is 1410. The van der Waals surface area contributed by atoms with Crippen molar-refractivity contribution < 1.29 is 14.3 Å². The van der Waals surface area contributed by atoms with Crippen molar-refractivity contribution in [3.8, 4) is 5.75 Å². The summed E-state index contributed by atoms with van der Waals surface area (Å²) >= 11 is 22.2. The Morgan fingerprint density at radius 1 is 1.08 bits per heavy atom. The van der Waals surface area contributed by atoms with E-state index in [1.165, 1.54) is 16.7 Å². The van der Waals surface area contributed by atoms with Crippen LogP contribution in [0, 0.1) is 13.8 Å². The van der Waals surface area contributed by atoms with Crippen LogP contribution in [0.15, 0.2) is 64.0 Å². The molecule has 0 bridgehead atoms. The lowest BCUT2D eigenvalue weighted by Gasteiger charge is -2.15. The quantitative estimate of drug-likeness (QED) is 0.225. The Morgan fingerprint density at radius 3 is 2.47 bits per heavy atom. The molecule has 0 aliphatic carbocycles. The van der Waals surface area contributed by atoms with Crippen molar-refractivity contribution in [1.29, 1.82) is 0 Å². The zero-order valence-electron chi connectivity index (χ0n) is 19.1. The fourth-order valence-electron chi connectivity index (χ4n) is 3.34. The molecule has 4 rings (SSSR count). The molecule has 1 aliphatic heterocycles. The molecule has 5 nitrogen and oxygen atoms in total.